The maximum absolute atomic E-state index is 12.4. The van der Waals surface area contributed by atoms with Crippen molar-refractivity contribution < 1.29 is 19.0 Å². The van der Waals surface area contributed by atoms with Crippen molar-refractivity contribution >= 4 is 27.5 Å². The first-order chi connectivity index (χ1) is 12.2. The van der Waals surface area contributed by atoms with Gasteiger partial charge in [-0.3, -0.25) is 4.79 Å². The second-order valence-electron chi connectivity index (χ2n) is 5.20. The molecule has 1 aromatic heterocycles. The number of nitrogens with one attached hydrogen (secondary N) is 1. The topological polar surface area (TPSA) is 69.7 Å². The lowest BCUT2D eigenvalue weighted by Gasteiger charge is -2.14. The van der Waals surface area contributed by atoms with E-state index in [0.717, 1.165) is 15.8 Å². The summed E-state index contributed by atoms with van der Waals surface area (Å²) >= 11 is 1.37. The molecule has 0 bridgehead atoms. The van der Waals surface area contributed by atoms with E-state index in [9.17, 15) is 4.79 Å². The molecule has 1 heterocycles. The number of hydrogen-bond acceptors (Lipinski definition) is 6. The predicted molar refractivity (Wildman–Crippen MR) is 96.9 cm³/mol. The molecular weight excluding hydrogens is 340 g/mol. The average Bonchev–Trinajstić information content (AvgIpc) is 3.09. The molecule has 0 aliphatic heterocycles. The van der Waals surface area contributed by atoms with Crippen LogP contribution in [-0.4, -0.2) is 32.2 Å². The first kappa shape index (κ1) is 17.0. The number of methoxy groups -OCH3 is 3. The summed E-state index contributed by atoms with van der Waals surface area (Å²) < 4.78 is 16.9. The number of rotatable bonds is 6. The van der Waals surface area contributed by atoms with E-state index in [1.54, 1.807) is 33.5 Å². The van der Waals surface area contributed by atoms with Crippen LogP contribution in [0.15, 0.2) is 36.4 Å². The lowest BCUT2D eigenvalue weighted by molar-refractivity contribution is 0.0950. The van der Waals surface area contributed by atoms with E-state index in [1.807, 2.05) is 24.3 Å². The summed E-state index contributed by atoms with van der Waals surface area (Å²) in [5, 5.41) is 3.31. The molecular formula is C18H18N2O4S. The SMILES string of the molecule is COc1cc(CNC(=O)c2nc3ccccc3s2)cc(OC)c1OC. The highest BCUT2D eigenvalue weighted by atomic mass is 32.1. The molecule has 7 heteroatoms. The first-order valence-corrected chi connectivity index (χ1v) is 8.40. The van der Waals surface area contributed by atoms with Crippen LogP contribution in [0.4, 0.5) is 0 Å². The van der Waals surface area contributed by atoms with Crippen molar-refractivity contribution in [2.24, 2.45) is 0 Å². The van der Waals surface area contributed by atoms with Gasteiger partial charge in [0, 0.05) is 6.54 Å². The second kappa shape index (κ2) is 7.40. The van der Waals surface area contributed by atoms with Gasteiger partial charge in [-0.25, -0.2) is 4.98 Å². The summed E-state index contributed by atoms with van der Waals surface area (Å²) in [6, 6.07) is 11.3. The highest BCUT2D eigenvalue weighted by molar-refractivity contribution is 7.20. The fourth-order valence-corrected chi connectivity index (χ4v) is 3.35. The highest BCUT2D eigenvalue weighted by Crippen LogP contribution is 2.38. The van der Waals surface area contributed by atoms with Gasteiger partial charge in [-0.2, -0.15) is 0 Å². The third-order valence-electron chi connectivity index (χ3n) is 3.67. The van der Waals surface area contributed by atoms with Crippen molar-refractivity contribution in [2.45, 2.75) is 6.54 Å². The summed E-state index contributed by atoms with van der Waals surface area (Å²) in [5.74, 6) is 1.40. The number of carbonyl (C=O) groups is 1. The largest absolute Gasteiger partial charge is 0.493 e. The normalized spacial score (nSPS) is 10.5. The van der Waals surface area contributed by atoms with Crippen molar-refractivity contribution in [3.8, 4) is 17.2 Å². The lowest BCUT2D eigenvalue weighted by Crippen LogP contribution is -2.22. The summed E-state index contributed by atoms with van der Waals surface area (Å²) in [6.45, 7) is 0.325. The molecule has 3 aromatic rings. The van der Waals surface area contributed by atoms with Crippen molar-refractivity contribution in [2.75, 3.05) is 21.3 Å². The van der Waals surface area contributed by atoms with Crippen LogP contribution in [0, 0.1) is 0 Å². The highest BCUT2D eigenvalue weighted by Gasteiger charge is 2.15. The van der Waals surface area contributed by atoms with Gasteiger partial charge in [0.1, 0.15) is 0 Å². The molecule has 1 N–H and O–H groups in total. The molecule has 0 spiro atoms. The third-order valence-corrected chi connectivity index (χ3v) is 4.70. The van der Waals surface area contributed by atoms with Gasteiger partial charge in [-0.05, 0) is 29.8 Å². The standard InChI is InChI=1S/C18H18N2O4S/c1-22-13-8-11(9-14(23-2)16(13)24-3)10-19-17(21)18-20-12-6-4-5-7-15(12)25-18/h4-9H,10H2,1-3H3,(H,19,21). The molecule has 0 unspecified atom stereocenters. The van der Waals surface area contributed by atoms with E-state index in [2.05, 4.69) is 10.3 Å². The smallest absolute Gasteiger partial charge is 0.280 e. The quantitative estimate of drug-likeness (QED) is 0.732. The Bertz CT molecular complexity index is 849. The molecule has 6 nitrogen and oxygen atoms in total. The van der Waals surface area contributed by atoms with Gasteiger partial charge in [0.25, 0.3) is 5.91 Å². The van der Waals surface area contributed by atoms with Gasteiger partial charge in [-0.15, -0.1) is 11.3 Å². The number of aromatic nitrogens is 1. The molecule has 25 heavy (non-hydrogen) atoms. The Kier molecular flexibility index (Phi) is 5.04. The number of hydrogen-bond donors (Lipinski definition) is 1. The number of nitrogens with zero attached hydrogens (tertiary/aromatic N) is 1. The predicted octanol–water partition coefficient (Wildman–Crippen LogP) is 3.25. The van der Waals surface area contributed by atoms with E-state index < -0.39 is 0 Å². The molecule has 3 rings (SSSR count). The number of benzene rings is 2. The molecule has 0 saturated heterocycles. The fourth-order valence-electron chi connectivity index (χ4n) is 2.46. The molecule has 1 amide bonds. The molecule has 0 radical (unpaired) electrons. The van der Waals surface area contributed by atoms with Gasteiger partial charge in [-0.1, -0.05) is 12.1 Å². The lowest BCUT2D eigenvalue weighted by atomic mass is 10.1. The molecule has 2 aromatic carbocycles. The van der Waals surface area contributed by atoms with Crippen LogP contribution in [0.5, 0.6) is 17.2 Å². The van der Waals surface area contributed by atoms with Gasteiger partial charge < -0.3 is 19.5 Å². The van der Waals surface area contributed by atoms with Crippen LogP contribution in [0.1, 0.15) is 15.4 Å². The monoisotopic (exact) mass is 358 g/mol. The number of fused-ring (bicyclic) bond motifs is 1. The van der Waals surface area contributed by atoms with Crippen LogP contribution in [0.2, 0.25) is 0 Å². The number of para-hydroxylation sites is 1. The van der Waals surface area contributed by atoms with Crippen LogP contribution in [-0.2, 0) is 6.54 Å². The fraction of sp³-hybridized carbons (Fsp3) is 0.222. The number of amides is 1. The molecule has 0 saturated carbocycles. The maximum Gasteiger partial charge on any atom is 0.280 e. The van der Waals surface area contributed by atoms with Crippen LogP contribution in [0.25, 0.3) is 10.2 Å². The average molecular weight is 358 g/mol. The molecule has 0 fully saturated rings. The summed E-state index contributed by atoms with van der Waals surface area (Å²) in [6.07, 6.45) is 0. The first-order valence-electron chi connectivity index (χ1n) is 7.59. The Balaban J connectivity index is 1.77. The number of thiazole rings is 1. The van der Waals surface area contributed by atoms with Gasteiger partial charge >= 0.3 is 0 Å². The van der Waals surface area contributed by atoms with Crippen molar-refractivity contribution in [3.63, 3.8) is 0 Å². The van der Waals surface area contributed by atoms with Gasteiger partial charge in [0.2, 0.25) is 5.75 Å². The van der Waals surface area contributed by atoms with Crippen molar-refractivity contribution in [1.82, 2.24) is 10.3 Å². The van der Waals surface area contributed by atoms with Crippen molar-refractivity contribution in [3.05, 3.63) is 47.0 Å². The Morgan fingerprint density at radius 1 is 1.08 bits per heavy atom. The molecule has 0 atom stereocenters. The zero-order valence-electron chi connectivity index (χ0n) is 14.2. The van der Waals surface area contributed by atoms with Gasteiger partial charge in [0.15, 0.2) is 16.5 Å². The number of carbonyl (C=O) groups excluding carboxylic acids is 1. The number of ether oxygens (including phenoxy) is 3. The third kappa shape index (κ3) is 3.51. The summed E-state index contributed by atoms with van der Waals surface area (Å²) in [5.41, 5.74) is 1.66. The van der Waals surface area contributed by atoms with E-state index in [4.69, 9.17) is 14.2 Å². The zero-order chi connectivity index (χ0) is 17.8. The maximum atomic E-state index is 12.4. The Morgan fingerprint density at radius 3 is 2.36 bits per heavy atom. The minimum absolute atomic E-state index is 0.213. The summed E-state index contributed by atoms with van der Waals surface area (Å²) in [7, 11) is 4.66. The van der Waals surface area contributed by atoms with E-state index in [0.29, 0.717) is 28.8 Å². The van der Waals surface area contributed by atoms with E-state index in [1.165, 1.54) is 11.3 Å². The Hall–Kier alpha value is -2.80. The van der Waals surface area contributed by atoms with E-state index >= 15 is 0 Å². The molecule has 0 aliphatic rings. The minimum Gasteiger partial charge on any atom is -0.493 e. The Morgan fingerprint density at radius 2 is 1.76 bits per heavy atom. The Labute approximate surface area is 149 Å². The second-order valence-corrected chi connectivity index (χ2v) is 6.23. The van der Waals surface area contributed by atoms with Crippen LogP contribution in [0.3, 0.4) is 0 Å². The van der Waals surface area contributed by atoms with Gasteiger partial charge in [0.05, 0.1) is 31.5 Å². The molecule has 0 aliphatic carbocycles. The van der Waals surface area contributed by atoms with Crippen molar-refractivity contribution in [1.29, 1.82) is 0 Å². The molecule has 130 valence electrons. The summed E-state index contributed by atoms with van der Waals surface area (Å²) in [4.78, 5) is 16.7. The van der Waals surface area contributed by atoms with Crippen LogP contribution >= 0.6 is 11.3 Å². The van der Waals surface area contributed by atoms with E-state index in [-0.39, 0.29) is 5.91 Å². The van der Waals surface area contributed by atoms with Crippen LogP contribution < -0.4 is 19.5 Å². The zero-order valence-corrected chi connectivity index (χ0v) is 15.0. The minimum atomic E-state index is -0.213.